The fourth-order valence-electron chi connectivity index (χ4n) is 1.16. The van der Waals surface area contributed by atoms with Crippen LogP contribution in [0.2, 0.25) is 0 Å². The van der Waals surface area contributed by atoms with E-state index in [2.05, 4.69) is 27.8 Å². The van der Waals surface area contributed by atoms with E-state index in [1.807, 2.05) is 24.3 Å². The molecule has 0 aliphatic rings. The number of rotatable bonds is 7. The van der Waals surface area contributed by atoms with Gasteiger partial charge in [0.2, 0.25) is 0 Å². The molecule has 1 aromatic carbocycles. The molecule has 94 valence electrons. The molecule has 0 radical (unpaired) electrons. The third-order valence-corrected chi connectivity index (χ3v) is 2.62. The Bertz CT molecular complexity index is 356. The summed E-state index contributed by atoms with van der Waals surface area (Å²) in [5.41, 5.74) is 0. The summed E-state index contributed by atoms with van der Waals surface area (Å²) in [5.74, 6) is 0.731. The number of aliphatic hydroxyl groups excluding tert-OH is 1. The predicted octanol–water partition coefficient (Wildman–Crippen LogP) is 2.53. The average Bonchev–Trinajstić information content (AvgIpc) is 2.28. The maximum absolute atomic E-state index is 9.61. The molecule has 0 aliphatic heterocycles. The summed E-state index contributed by atoms with van der Waals surface area (Å²) in [6.07, 6.45) is -0.574. The van der Waals surface area contributed by atoms with Crippen LogP contribution in [0.15, 0.2) is 40.3 Å². The van der Waals surface area contributed by atoms with Crippen LogP contribution < -0.4 is 10.1 Å². The lowest BCUT2D eigenvalue weighted by atomic mass is 10.3. The van der Waals surface area contributed by atoms with E-state index < -0.39 is 6.10 Å². The van der Waals surface area contributed by atoms with Crippen LogP contribution >= 0.6 is 27.5 Å². The Morgan fingerprint density at radius 1 is 1.47 bits per heavy atom. The molecule has 0 bridgehead atoms. The van der Waals surface area contributed by atoms with Crippen LogP contribution in [0.4, 0.5) is 0 Å². The molecule has 0 saturated heterocycles. The van der Waals surface area contributed by atoms with Crippen molar-refractivity contribution in [2.24, 2.45) is 0 Å². The van der Waals surface area contributed by atoms with Crippen LogP contribution in [0, 0.1) is 0 Å². The summed E-state index contributed by atoms with van der Waals surface area (Å²) in [4.78, 5) is 0. The number of hydrogen-bond acceptors (Lipinski definition) is 3. The van der Waals surface area contributed by atoms with E-state index in [0.717, 1.165) is 10.2 Å². The van der Waals surface area contributed by atoms with Gasteiger partial charge in [0.25, 0.3) is 0 Å². The fraction of sp³-hybridized carbons (Fsp3) is 0.333. The summed E-state index contributed by atoms with van der Waals surface area (Å²) < 4.78 is 6.41. The molecule has 0 fully saturated rings. The molecule has 0 saturated carbocycles. The van der Waals surface area contributed by atoms with E-state index in [1.54, 1.807) is 0 Å². The third-order valence-electron chi connectivity index (χ3n) is 1.95. The van der Waals surface area contributed by atoms with Crippen molar-refractivity contribution in [2.45, 2.75) is 6.10 Å². The average molecular weight is 321 g/mol. The van der Waals surface area contributed by atoms with Gasteiger partial charge in [-0.1, -0.05) is 34.1 Å². The smallest absolute Gasteiger partial charge is 0.119 e. The first-order valence-corrected chi connectivity index (χ1v) is 6.35. The van der Waals surface area contributed by atoms with Gasteiger partial charge in [-0.2, -0.15) is 0 Å². The first-order valence-electron chi connectivity index (χ1n) is 5.18. The summed E-state index contributed by atoms with van der Waals surface area (Å²) in [6.45, 7) is 4.68. The molecular formula is C12H15BrClNO2. The molecule has 2 N–H and O–H groups in total. The van der Waals surface area contributed by atoms with Crippen molar-refractivity contribution in [3.8, 4) is 5.75 Å². The lowest BCUT2D eigenvalue weighted by molar-refractivity contribution is 0.107. The summed E-state index contributed by atoms with van der Waals surface area (Å²) in [6, 6.07) is 7.45. The van der Waals surface area contributed by atoms with Crippen molar-refractivity contribution >= 4 is 27.5 Å². The lowest BCUT2D eigenvalue weighted by Gasteiger charge is -2.13. The zero-order valence-electron chi connectivity index (χ0n) is 9.33. The lowest BCUT2D eigenvalue weighted by Crippen LogP contribution is -2.32. The number of aliphatic hydroxyl groups is 1. The van der Waals surface area contributed by atoms with E-state index in [9.17, 15) is 5.11 Å². The number of nitrogens with one attached hydrogen (secondary N) is 1. The Hall–Kier alpha value is -0.550. The highest BCUT2D eigenvalue weighted by molar-refractivity contribution is 9.10. The van der Waals surface area contributed by atoms with Gasteiger partial charge in [0.05, 0.1) is 0 Å². The Morgan fingerprint density at radius 2 is 2.12 bits per heavy atom. The molecule has 0 aromatic heterocycles. The number of benzene rings is 1. The Morgan fingerprint density at radius 3 is 2.71 bits per heavy atom. The summed E-state index contributed by atoms with van der Waals surface area (Å²) >= 11 is 8.91. The minimum Gasteiger partial charge on any atom is -0.491 e. The van der Waals surface area contributed by atoms with Crippen molar-refractivity contribution in [1.29, 1.82) is 0 Å². The number of halogens is 2. The van der Waals surface area contributed by atoms with Gasteiger partial charge in [-0.15, -0.1) is 0 Å². The Kier molecular flexibility index (Phi) is 6.58. The van der Waals surface area contributed by atoms with Crippen LogP contribution in [-0.2, 0) is 0 Å². The minimum absolute atomic E-state index is 0.239. The van der Waals surface area contributed by atoms with Crippen LogP contribution in [-0.4, -0.2) is 30.9 Å². The molecule has 17 heavy (non-hydrogen) atoms. The second-order valence-electron chi connectivity index (χ2n) is 3.57. The Balaban J connectivity index is 2.21. The SMILES string of the molecule is C=C(Cl)CNCC(O)COc1ccc(Br)cc1. The second-order valence-corrected chi connectivity index (χ2v) is 5.02. The van der Waals surface area contributed by atoms with Crippen molar-refractivity contribution in [3.63, 3.8) is 0 Å². The molecule has 0 spiro atoms. The highest BCUT2D eigenvalue weighted by Crippen LogP contribution is 2.16. The standard InChI is InChI=1S/C12H15BrClNO2/c1-9(14)6-15-7-11(16)8-17-12-4-2-10(13)3-5-12/h2-5,11,15-16H,1,6-8H2. The van der Waals surface area contributed by atoms with Gasteiger partial charge in [0.15, 0.2) is 0 Å². The molecule has 1 aromatic rings. The van der Waals surface area contributed by atoms with Crippen molar-refractivity contribution in [2.75, 3.05) is 19.7 Å². The zero-order valence-corrected chi connectivity index (χ0v) is 11.7. The largest absolute Gasteiger partial charge is 0.491 e. The molecule has 0 amide bonds. The monoisotopic (exact) mass is 319 g/mol. The van der Waals surface area contributed by atoms with Gasteiger partial charge >= 0.3 is 0 Å². The highest BCUT2D eigenvalue weighted by atomic mass is 79.9. The third kappa shape index (κ3) is 6.68. The van der Waals surface area contributed by atoms with Crippen LogP contribution in [0.5, 0.6) is 5.75 Å². The molecular weight excluding hydrogens is 305 g/mol. The molecule has 5 heteroatoms. The molecule has 3 nitrogen and oxygen atoms in total. The van der Waals surface area contributed by atoms with Gasteiger partial charge in [-0.05, 0) is 24.3 Å². The van der Waals surface area contributed by atoms with Gasteiger partial charge < -0.3 is 15.2 Å². The van der Waals surface area contributed by atoms with Crippen LogP contribution in [0.1, 0.15) is 0 Å². The minimum atomic E-state index is -0.574. The number of ether oxygens (including phenoxy) is 1. The quantitative estimate of drug-likeness (QED) is 0.811. The number of hydrogen-bond donors (Lipinski definition) is 2. The zero-order chi connectivity index (χ0) is 12.7. The molecule has 0 heterocycles. The van der Waals surface area contributed by atoms with E-state index in [-0.39, 0.29) is 6.61 Å². The molecule has 1 unspecified atom stereocenters. The van der Waals surface area contributed by atoms with E-state index in [1.165, 1.54) is 0 Å². The first kappa shape index (κ1) is 14.5. The first-order chi connectivity index (χ1) is 8.08. The second kappa shape index (κ2) is 7.71. The Labute approximate surface area is 115 Å². The molecule has 1 rings (SSSR count). The topological polar surface area (TPSA) is 41.5 Å². The van der Waals surface area contributed by atoms with Crippen molar-refractivity contribution in [1.82, 2.24) is 5.32 Å². The van der Waals surface area contributed by atoms with Gasteiger partial charge in [0.1, 0.15) is 18.5 Å². The van der Waals surface area contributed by atoms with Crippen molar-refractivity contribution < 1.29 is 9.84 Å². The van der Waals surface area contributed by atoms with Crippen LogP contribution in [0.3, 0.4) is 0 Å². The maximum atomic E-state index is 9.61. The normalized spacial score (nSPS) is 12.2. The summed E-state index contributed by atoms with van der Waals surface area (Å²) in [7, 11) is 0. The van der Waals surface area contributed by atoms with Gasteiger partial charge in [-0.25, -0.2) is 0 Å². The predicted molar refractivity (Wildman–Crippen MR) is 73.5 cm³/mol. The maximum Gasteiger partial charge on any atom is 0.119 e. The highest BCUT2D eigenvalue weighted by Gasteiger charge is 2.04. The van der Waals surface area contributed by atoms with E-state index in [0.29, 0.717) is 18.1 Å². The summed E-state index contributed by atoms with van der Waals surface area (Å²) in [5, 5.41) is 13.1. The fourth-order valence-corrected chi connectivity index (χ4v) is 1.52. The van der Waals surface area contributed by atoms with Gasteiger partial charge in [0, 0.05) is 22.6 Å². The van der Waals surface area contributed by atoms with Crippen LogP contribution in [0.25, 0.3) is 0 Å². The van der Waals surface area contributed by atoms with Crippen molar-refractivity contribution in [3.05, 3.63) is 40.3 Å². The van der Waals surface area contributed by atoms with Gasteiger partial charge in [-0.3, -0.25) is 0 Å². The van der Waals surface area contributed by atoms with E-state index >= 15 is 0 Å². The van der Waals surface area contributed by atoms with E-state index in [4.69, 9.17) is 16.3 Å². The molecule has 0 aliphatic carbocycles. The molecule has 1 atom stereocenters.